The third-order valence-electron chi connectivity index (χ3n) is 4.50. The van der Waals surface area contributed by atoms with Crippen molar-refractivity contribution in [1.29, 1.82) is 0 Å². The summed E-state index contributed by atoms with van der Waals surface area (Å²) in [6.45, 7) is 2.36. The van der Waals surface area contributed by atoms with Gasteiger partial charge in [-0.3, -0.25) is 24.1 Å². The van der Waals surface area contributed by atoms with E-state index >= 15 is 0 Å². The number of hydrogen-bond donors (Lipinski definition) is 0. The number of imide groups is 1. The molecule has 7 nitrogen and oxygen atoms in total. The fourth-order valence-electron chi connectivity index (χ4n) is 3.17. The number of esters is 1. The van der Waals surface area contributed by atoms with Crippen LogP contribution in [0.4, 0.5) is 0 Å². The minimum absolute atomic E-state index is 0.0669. The lowest BCUT2D eigenvalue weighted by Crippen LogP contribution is -2.46. The molecule has 3 rings (SSSR count). The Bertz CT molecular complexity index is 724. The molecule has 0 saturated carbocycles. The Hall–Kier alpha value is -2.70. The van der Waals surface area contributed by atoms with Gasteiger partial charge in [-0.05, 0) is 31.4 Å². The highest BCUT2D eigenvalue weighted by atomic mass is 16.5. The second kappa shape index (κ2) is 7.04. The van der Waals surface area contributed by atoms with Gasteiger partial charge in [-0.15, -0.1) is 0 Å². The van der Waals surface area contributed by atoms with Crippen molar-refractivity contribution < 1.29 is 23.9 Å². The maximum atomic E-state index is 12.4. The topological polar surface area (TPSA) is 84.0 Å². The average molecular weight is 344 g/mol. The standard InChI is InChI=1S/C18H20N2O5/c1-12(17(23)19-8-4-5-9-19)25-16(22)11-20-15(21)10-13-6-2-3-7-14(13)18(20)24/h2-3,6-7,12H,4-5,8-11H2,1H3/t12-/m0/s1. The molecule has 2 aliphatic rings. The Morgan fingerprint density at radius 2 is 1.84 bits per heavy atom. The first-order valence-corrected chi connectivity index (χ1v) is 8.38. The van der Waals surface area contributed by atoms with Gasteiger partial charge in [0.15, 0.2) is 6.10 Å². The van der Waals surface area contributed by atoms with Crippen molar-refractivity contribution in [1.82, 2.24) is 9.80 Å². The van der Waals surface area contributed by atoms with Crippen LogP contribution in [0.5, 0.6) is 0 Å². The molecule has 0 aromatic heterocycles. The zero-order valence-corrected chi connectivity index (χ0v) is 14.1. The van der Waals surface area contributed by atoms with E-state index in [1.807, 2.05) is 0 Å². The van der Waals surface area contributed by atoms with Crippen LogP contribution in [0.25, 0.3) is 0 Å². The van der Waals surface area contributed by atoms with Crippen LogP contribution in [0, 0.1) is 0 Å². The predicted octanol–water partition coefficient (Wildman–Crippen LogP) is 0.766. The summed E-state index contributed by atoms with van der Waals surface area (Å²) in [5, 5.41) is 0. The second-order valence-corrected chi connectivity index (χ2v) is 6.28. The Balaban J connectivity index is 1.62. The first-order valence-electron chi connectivity index (χ1n) is 8.38. The van der Waals surface area contributed by atoms with Crippen molar-refractivity contribution in [3.8, 4) is 0 Å². The number of ether oxygens (including phenoxy) is 1. The Morgan fingerprint density at radius 3 is 2.56 bits per heavy atom. The van der Waals surface area contributed by atoms with Gasteiger partial charge in [-0.25, -0.2) is 0 Å². The van der Waals surface area contributed by atoms with Gasteiger partial charge in [0, 0.05) is 18.7 Å². The number of hydrogen-bond acceptors (Lipinski definition) is 5. The molecular weight excluding hydrogens is 324 g/mol. The van der Waals surface area contributed by atoms with E-state index in [2.05, 4.69) is 0 Å². The predicted molar refractivity (Wildman–Crippen MR) is 87.6 cm³/mol. The molecule has 7 heteroatoms. The van der Waals surface area contributed by atoms with Crippen LogP contribution in [0.15, 0.2) is 24.3 Å². The van der Waals surface area contributed by atoms with Crippen LogP contribution in [-0.4, -0.2) is 59.2 Å². The van der Waals surface area contributed by atoms with Gasteiger partial charge >= 0.3 is 5.97 Å². The lowest BCUT2D eigenvalue weighted by Gasteiger charge is -2.26. The van der Waals surface area contributed by atoms with Crippen LogP contribution in [-0.2, 0) is 25.5 Å². The smallest absolute Gasteiger partial charge is 0.326 e. The molecule has 0 aliphatic carbocycles. The van der Waals surface area contributed by atoms with Crippen LogP contribution >= 0.6 is 0 Å². The van der Waals surface area contributed by atoms with Crippen molar-refractivity contribution in [3.05, 3.63) is 35.4 Å². The quantitative estimate of drug-likeness (QED) is 0.595. The Kier molecular flexibility index (Phi) is 4.83. The Morgan fingerprint density at radius 1 is 1.16 bits per heavy atom. The largest absolute Gasteiger partial charge is 0.451 e. The van der Waals surface area contributed by atoms with Crippen LogP contribution < -0.4 is 0 Å². The molecule has 0 N–H and O–H groups in total. The van der Waals surface area contributed by atoms with E-state index in [0.29, 0.717) is 24.2 Å². The number of benzene rings is 1. The fourth-order valence-corrected chi connectivity index (χ4v) is 3.17. The molecule has 0 radical (unpaired) electrons. The van der Waals surface area contributed by atoms with E-state index < -0.39 is 30.4 Å². The van der Waals surface area contributed by atoms with Gasteiger partial charge in [0.2, 0.25) is 5.91 Å². The molecule has 3 amide bonds. The van der Waals surface area contributed by atoms with Crippen LogP contribution in [0.3, 0.4) is 0 Å². The summed E-state index contributed by atoms with van der Waals surface area (Å²) in [5.41, 5.74) is 1.07. The van der Waals surface area contributed by atoms with Crippen molar-refractivity contribution in [2.75, 3.05) is 19.6 Å². The number of fused-ring (bicyclic) bond motifs is 1. The lowest BCUT2D eigenvalue weighted by atomic mass is 9.98. The van der Waals surface area contributed by atoms with Crippen molar-refractivity contribution in [2.24, 2.45) is 0 Å². The average Bonchev–Trinajstić information content (AvgIpc) is 3.12. The van der Waals surface area contributed by atoms with Crippen LogP contribution in [0.2, 0.25) is 0 Å². The molecule has 1 saturated heterocycles. The van der Waals surface area contributed by atoms with E-state index in [-0.39, 0.29) is 12.3 Å². The summed E-state index contributed by atoms with van der Waals surface area (Å²) in [7, 11) is 0. The summed E-state index contributed by atoms with van der Waals surface area (Å²) in [6, 6.07) is 6.81. The summed E-state index contributed by atoms with van der Waals surface area (Å²) < 4.78 is 5.14. The van der Waals surface area contributed by atoms with Crippen molar-refractivity contribution in [2.45, 2.75) is 32.3 Å². The molecule has 2 heterocycles. The minimum atomic E-state index is -0.923. The van der Waals surface area contributed by atoms with Gasteiger partial charge in [0.1, 0.15) is 6.54 Å². The number of likely N-dealkylation sites (tertiary alicyclic amines) is 1. The van der Waals surface area contributed by atoms with E-state index in [1.54, 1.807) is 29.2 Å². The zero-order valence-electron chi connectivity index (χ0n) is 14.1. The van der Waals surface area contributed by atoms with Crippen LogP contribution in [0.1, 0.15) is 35.7 Å². The van der Waals surface area contributed by atoms with Crippen molar-refractivity contribution in [3.63, 3.8) is 0 Å². The van der Waals surface area contributed by atoms with E-state index in [4.69, 9.17) is 4.74 Å². The molecule has 2 aliphatic heterocycles. The van der Waals surface area contributed by atoms with E-state index in [1.165, 1.54) is 6.92 Å². The third kappa shape index (κ3) is 3.55. The molecule has 0 bridgehead atoms. The number of carbonyl (C=O) groups is 4. The van der Waals surface area contributed by atoms with Gasteiger partial charge < -0.3 is 9.64 Å². The molecule has 0 spiro atoms. The van der Waals surface area contributed by atoms with Gasteiger partial charge in [0.05, 0.1) is 6.42 Å². The molecule has 0 unspecified atom stereocenters. The first-order chi connectivity index (χ1) is 12.0. The number of carbonyl (C=O) groups excluding carboxylic acids is 4. The SMILES string of the molecule is C[C@H](OC(=O)CN1C(=O)Cc2ccccc2C1=O)C(=O)N1CCCC1. The molecule has 1 atom stereocenters. The highest BCUT2D eigenvalue weighted by Crippen LogP contribution is 2.19. The fraction of sp³-hybridized carbons (Fsp3) is 0.444. The molecule has 1 fully saturated rings. The van der Waals surface area contributed by atoms with Gasteiger partial charge in [0.25, 0.3) is 11.8 Å². The summed E-state index contributed by atoms with van der Waals surface area (Å²) >= 11 is 0. The molecular formula is C18H20N2O5. The summed E-state index contributed by atoms with van der Waals surface area (Å²) in [5.74, 6) is -1.96. The number of rotatable bonds is 4. The highest BCUT2D eigenvalue weighted by molar-refractivity contribution is 6.11. The monoisotopic (exact) mass is 344 g/mol. The normalized spacial score (nSPS) is 18.1. The summed E-state index contributed by atoms with van der Waals surface area (Å²) in [4.78, 5) is 51.4. The minimum Gasteiger partial charge on any atom is -0.451 e. The maximum absolute atomic E-state index is 12.4. The van der Waals surface area contributed by atoms with E-state index in [9.17, 15) is 19.2 Å². The van der Waals surface area contributed by atoms with E-state index in [0.717, 1.165) is 17.7 Å². The summed E-state index contributed by atoms with van der Waals surface area (Å²) in [6.07, 6.45) is 1.04. The second-order valence-electron chi connectivity index (χ2n) is 6.28. The molecule has 1 aromatic rings. The Labute approximate surface area is 145 Å². The molecule has 25 heavy (non-hydrogen) atoms. The third-order valence-corrected chi connectivity index (χ3v) is 4.50. The highest BCUT2D eigenvalue weighted by Gasteiger charge is 2.33. The maximum Gasteiger partial charge on any atom is 0.326 e. The van der Waals surface area contributed by atoms with Crippen molar-refractivity contribution >= 4 is 23.7 Å². The lowest BCUT2D eigenvalue weighted by molar-refractivity contribution is -0.160. The van der Waals surface area contributed by atoms with Gasteiger partial charge in [-0.1, -0.05) is 18.2 Å². The molecule has 1 aromatic carbocycles. The molecule has 132 valence electrons. The number of nitrogens with zero attached hydrogens (tertiary/aromatic N) is 2. The van der Waals surface area contributed by atoms with Gasteiger partial charge in [-0.2, -0.15) is 0 Å². The number of amides is 3. The first kappa shape index (κ1) is 17.1. The zero-order chi connectivity index (χ0) is 18.0.